The second kappa shape index (κ2) is 3.99. The van der Waals surface area contributed by atoms with Crippen LogP contribution in [0.5, 0.6) is 0 Å². The highest BCUT2D eigenvalue weighted by Gasteiger charge is 2.11. The van der Waals surface area contributed by atoms with E-state index < -0.39 is 0 Å². The zero-order valence-corrected chi connectivity index (χ0v) is 9.83. The zero-order valence-electron chi connectivity index (χ0n) is 9.83. The lowest BCUT2D eigenvalue weighted by atomic mass is 10.3. The van der Waals surface area contributed by atoms with Gasteiger partial charge in [-0.1, -0.05) is 12.1 Å². The number of nitrogens with two attached hydrogens (primary N) is 1. The second-order valence-electron chi connectivity index (χ2n) is 3.81. The van der Waals surface area contributed by atoms with Crippen LogP contribution >= 0.6 is 0 Å². The number of nitrogens with zero attached hydrogens (tertiary/aromatic N) is 4. The fourth-order valence-electron chi connectivity index (χ4n) is 1.91. The minimum Gasteiger partial charge on any atom is -0.393 e. The summed E-state index contributed by atoms with van der Waals surface area (Å²) in [7, 11) is 1.77. The van der Waals surface area contributed by atoms with Crippen molar-refractivity contribution in [2.24, 2.45) is 0 Å². The Morgan fingerprint density at radius 3 is 2.83 bits per heavy atom. The van der Waals surface area contributed by atoms with Crippen LogP contribution in [-0.2, 0) is 0 Å². The number of nitrogens with one attached hydrogen (secondary N) is 1. The number of aromatic nitrogens is 4. The maximum atomic E-state index is 6.04. The lowest BCUT2D eigenvalue weighted by Crippen LogP contribution is -2.06. The van der Waals surface area contributed by atoms with Gasteiger partial charge in [-0.15, -0.1) is 0 Å². The minimum atomic E-state index is 0.503. The third kappa shape index (κ3) is 1.46. The third-order valence-corrected chi connectivity index (χ3v) is 2.78. The molecule has 0 saturated heterocycles. The zero-order chi connectivity index (χ0) is 12.5. The number of benzene rings is 1. The summed E-state index contributed by atoms with van der Waals surface area (Å²) in [6.45, 7) is 0. The molecule has 0 aliphatic carbocycles. The highest BCUT2D eigenvalue weighted by Crippen LogP contribution is 2.24. The maximum absolute atomic E-state index is 6.04. The molecule has 6 nitrogen and oxygen atoms in total. The van der Waals surface area contributed by atoms with Crippen molar-refractivity contribution in [2.75, 3.05) is 18.1 Å². The first-order valence-electron chi connectivity index (χ1n) is 5.52. The molecule has 6 heteroatoms. The Hall–Kier alpha value is -2.63. The molecule has 0 spiro atoms. The lowest BCUT2D eigenvalue weighted by molar-refractivity contribution is 1.00. The molecule has 18 heavy (non-hydrogen) atoms. The SMILES string of the molecule is CNc1ncnc(-n2cnc3ccccc32)c1N. The van der Waals surface area contributed by atoms with Gasteiger partial charge in [-0.25, -0.2) is 15.0 Å². The summed E-state index contributed by atoms with van der Waals surface area (Å²) in [5.74, 6) is 1.24. The highest BCUT2D eigenvalue weighted by atomic mass is 15.2. The van der Waals surface area contributed by atoms with Crippen LogP contribution in [0.3, 0.4) is 0 Å². The van der Waals surface area contributed by atoms with Crippen molar-refractivity contribution in [1.29, 1.82) is 0 Å². The second-order valence-corrected chi connectivity index (χ2v) is 3.81. The van der Waals surface area contributed by atoms with Crippen LogP contribution in [0.15, 0.2) is 36.9 Å². The van der Waals surface area contributed by atoms with E-state index in [0.29, 0.717) is 17.3 Å². The number of fused-ring (bicyclic) bond motifs is 1. The summed E-state index contributed by atoms with van der Waals surface area (Å²) in [5.41, 5.74) is 8.41. The molecule has 1 aromatic carbocycles. The quantitative estimate of drug-likeness (QED) is 0.708. The van der Waals surface area contributed by atoms with Crippen LogP contribution in [0.1, 0.15) is 0 Å². The number of para-hydroxylation sites is 2. The van der Waals surface area contributed by atoms with Crippen LogP contribution in [0.4, 0.5) is 11.5 Å². The number of hydrogen-bond donors (Lipinski definition) is 2. The Kier molecular flexibility index (Phi) is 2.33. The molecule has 0 radical (unpaired) electrons. The Labute approximate surface area is 104 Å². The maximum Gasteiger partial charge on any atom is 0.167 e. The van der Waals surface area contributed by atoms with Crippen molar-refractivity contribution in [3.05, 3.63) is 36.9 Å². The largest absolute Gasteiger partial charge is 0.393 e. The van der Waals surface area contributed by atoms with Gasteiger partial charge >= 0.3 is 0 Å². The molecule has 0 aliphatic rings. The van der Waals surface area contributed by atoms with Crippen molar-refractivity contribution < 1.29 is 0 Å². The molecular formula is C12H12N6. The van der Waals surface area contributed by atoms with Crippen LogP contribution in [0, 0.1) is 0 Å². The van der Waals surface area contributed by atoms with E-state index in [4.69, 9.17) is 5.73 Å². The van der Waals surface area contributed by atoms with Gasteiger partial charge < -0.3 is 11.1 Å². The Balaban J connectivity index is 2.26. The standard InChI is InChI=1S/C12H12N6/c1-14-11-10(13)12(16-6-15-11)18-7-17-8-4-2-3-5-9(8)18/h2-7H,13H2,1H3,(H,14,15,16). The van der Waals surface area contributed by atoms with E-state index in [1.54, 1.807) is 13.4 Å². The van der Waals surface area contributed by atoms with Crippen molar-refractivity contribution in [1.82, 2.24) is 19.5 Å². The van der Waals surface area contributed by atoms with Crippen molar-refractivity contribution >= 4 is 22.5 Å². The monoisotopic (exact) mass is 240 g/mol. The van der Waals surface area contributed by atoms with Gasteiger partial charge in [-0.3, -0.25) is 4.57 Å². The van der Waals surface area contributed by atoms with Gasteiger partial charge in [-0.2, -0.15) is 0 Å². The Morgan fingerprint density at radius 2 is 2.00 bits per heavy atom. The molecule has 3 rings (SSSR count). The highest BCUT2D eigenvalue weighted by molar-refractivity contribution is 5.79. The number of anilines is 2. The summed E-state index contributed by atoms with van der Waals surface area (Å²) in [6, 6.07) is 7.82. The first kappa shape index (κ1) is 10.5. The van der Waals surface area contributed by atoms with E-state index >= 15 is 0 Å². The first-order chi connectivity index (χ1) is 8.81. The van der Waals surface area contributed by atoms with E-state index in [9.17, 15) is 0 Å². The number of nitrogen functional groups attached to an aromatic ring is 1. The van der Waals surface area contributed by atoms with Crippen molar-refractivity contribution in [3.63, 3.8) is 0 Å². The molecule has 0 saturated carbocycles. The van der Waals surface area contributed by atoms with Crippen LogP contribution in [-0.4, -0.2) is 26.6 Å². The lowest BCUT2D eigenvalue weighted by Gasteiger charge is -2.09. The average Bonchev–Trinajstić information content (AvgIpc) is 2.83. The summed E-state index contributed by atoms with van der Waals surface area (Å²) in [5, 5.41) is 2.94. The fourth-order valence-corrected chi connectivity index (χ4v) is 1.91. The number of hydrogen-bond acceptors (Lipinski definition) is 5. The molecule has 0 unspecified atom stereocenters. The molecule has 3 N–H and O–H groups in total. The van der Waals surface area contributed by atoms with E-state index in [0.717, 1.165) is 11.0 Å². The molecule has 2 heterocycles. The number of rotatable bonds is 2. The van der Waals surface area contributed by atoms with Gasteiger partial charge in [-0.05, 0) is 12.1 Å². The average molecular weight is 240 g/mol. The summed E-state index contributed by atoms with van der Waals surface area (Å²) in [6.07, 6.45) is 3.19. The van der Waals surface area contributed by atoms with E-state index in [2.05, 4.69) is 20.3 Å². The molecular weight excluding hydrogens is 228 g/mol. The predicted molar refractivity (Wildman–Crippen MR) is 70.6 cm³/mol. The summed E-state index contributed by atoms with van der Waals surface area (Å²) < 4.78 is 1.85. The summed E-state index contributed by atoms with van der Waals surface area (Å²) >= 11 is 0. The number of imidazole rings is 1. The molecule has 90 valence electrons. The smallest absolute Gasteiger partial charge is 0.167 e. The van der Waals surface area contributed by atoms with Crippen LogP contribution in [0.2, 0.25) is 0 Å². The van der Waals surface area contributed by atoms with Gasteiger partial charge in [0.1, 0.15) is 18.3 Å². The topological polar surface area (TPSA) is 81.7 Å². The van der Waals surface area contributed by atoms with Crippen molar-refractivity contribution in [2.45, 2.75) is 0 Å². The fraction of sp³-hybridized carbons (Fsp3) is 0.0833. The molecule has 0 amide bonds. The third-order valence-electron chi connectivity index (χ3n) is 2.78. The van der Waals surface area contributed by atoms with Gasteiger partial charge in [0, 0.05) is 7.05 Å². The normalized spacial score (nSPS) is 10.7. The first-order valence-corrected chi connectivity index (χ1v) is 5.52. The molecule has 3 aromatic rings. The van der Waals surface area contributed by atoms with Gasteiger partial charge in [0.2, 0.25) is 0 Å². The molecule has 0 aliphatic heterocycles. The predicted octanol–water partition coefficient (Wildman–Crippen LogP) is 1.44. The van der Waals surface area contributed by atoms with E-state index in [1.807, 2.05) is 28.8 Å². The van der Waals surface area contributed by atoms with Crippen LogP contribution in [0.25, 0.3) is 16.9 Å². The summed E-state index contributed by atoms with van der Waals surface area (Å²) in [4.78, 5) is 12.6. The molecule has 0 fully saturated rings. The van der Waals surface area contributed by atoms with E-state index in [1.165, 1.54) is 6.33 Å². The van der Waals surface area contributed by atoms with Crippen molar-refractivity contribution in [3.8, 4) is 5.82 Å². The molecule has 2 aromatic heterocycles. The Morgan fingerprint density at radius 1 is 1.17 bits per heavy atom. The van der Waals surface area contributed by atoms with Gasteiger partial charge in [0.05, 0.1) is 11.0 Å². The Bertz CT molecular complexity index is 703. The van der Waals surface area contributed by atoms with E-state index in [-0.39, 0.29) is 0 Å². The van der Waals surface area contributed by atoms with Gasteiger partial charge in [0.25, 0.3) is 0 Å². The van der Waals surface area contributed by atoms with Gasteiger partial charge in [0.15, 0.2) is 11.6 Å². The van der Waals surface area contributed by atoms with Crippen LogP contribution < -0.4 is 11.1 Å². The molecule has 0 atom stereocenters. The molecule has 0 bridgehead atoms. The minimum absolute atomic E-state index is 0.503.